The fourth-order valence-electron chi connectivity index (χ4n) is 4.63. The first-order valence-electron chi connectivity index (χ1n) is 12.2. The largest absolute Gasteiger partial charge is 0.508 e. The third kappa shape index (κ3) is 5.31. The maximum atomic E-state index is 13.2. The van der Waals surface area contributed by atoms with Crippen molar-refractivity contribution in [3.8, 4) is 17.6 Å². The minimum atomic E-state index is -0.281. The number of aromatic amines is 1. The molecular formula is C29H27N5O3. The zero-order chi connectivity index (χ0) is 25.8. The van der Waals surface area contributed by atoms with Gasteiger partial charge in [0.15, 0.2) is 5.69 Å². The number of hydrogen-bond acceptors (Lipinski definition) is 5. The number of pyridine rings is 1. The number of aromatic nitrogens is 3. The maximum Gasteiger partial charge on any atom is 0.272 e. The van der Waals surface area contributed by atoms with Crippen LogP contribution in [0.3, 0.4) is 0 Å². The molecule has 0 saturated heterocycles. The van der Waals surface area contributed by atoms with Crippen LogP contribution in [-0.4, -0.2) is 43.5 Å². The number of phenolic OH excluding ortho intramolecular Hbond substituents is 1. The van der Waals surface area contributed by atoms with E-state index in [0.717, 1.165) is 33.3 Å². The molecule has 0 aliphatic carbocycles. The lowest BCUT2D eigenvalue weighted by atomic mass is 9.94. The van der Waals surface area contributed by atoms with Gasteiger partial charge < -0.3 is 15.3 Å². The van der Waals surface area contributed by atoms with Crippen LogP contribution < -0.4 is 5.32 Å². The molecule has 3 heterocycles. The molecule has 8 heteroatoms. The number of fused-ring (bicyclic) bond motifs is 2. The standard InChI is InChI=1S/C29H27N5O3/c1-2-4-21(20-7-9-23(35)10-8-20)16-27(36)34-14-12-26-24(18-34)28(33-32-26)29(37)31-17-19-6-11-25-22(15-19)5-3-13-30-25/h3,5-11,13,15,21,35H,12,14,16-18H2,1H3,(H,31,37)(H,32,33). The molecule has 1 aliphatic heterocycles. The van der Waals surface area contributed by atoms with Gasteiger partial charge in [0.2, 0.25) is 5.91 Å². The number of amides is 2. The second-order valence-electron chi connectivity index (χ2n) is 9.05. The molecule has 0 radical (unpaired) electrons. The van der Waals surface area contributed by atoms with Gasteiger partial charge in [-0.15, -0.1) is 5.92 Å². The predicted octanol–water partition coefficient (Wildman–Crippen LogP) is 3.68. The summed E-state index contributed by atoms with van der Waals surface area (Å²) in [5, 5.41) is 20.8. The number of H-pyrrole nitrogens is 1. The van der Waals surface area contributed by atoms with E-state index in [2.05, 4.69) is 32.3 Å². The van der Waals surface area contributed by atoms with Gasteiger partial charge in [-0.2, -0.15) is 5.10 Å². The summed E-state index contributed by atoms with van der Waals surface area (Å²) < 4.78 is 0. The van der Waals surface area contributed by atoms with Gasteiger partial charge in [0.05, 0.1) is 11.4 Å². The molecule has 0 spiro atoms. The summed E-state index contributed by atoms with van der Waals surface area (Å²) >= 11 is 0. The van der Waals surface area contributed by atoms with Crippen LogP contribution in [0, 0.1) is 11.8 Å². The van der Waals surface area contributed by atoms with Crippen molar-refractivity contribution in [1.29, 1.82) is 0 Å². The van der Waals surface area contributed by atoms with E-state index in [0.29, 0.717) is 31.7 Å². The van der Waals surface area contributed by atoms with Gasteiger partial charge in [-0.25, -0.2) is 0 Å². The predicted molar refractivity (Wildman–Crippen MR) is 140 cm³/mol. The molecule has 4 aromatic rings. The monoisotopic (exact) mass is 493 g/mol. The number of phenols is 1. The van der Waals surface area contributed by atoms with Gasteiger partial charge >= 0.3 is 0 Å². The van der Waals surface area contributed by atoms with Crippen molar-refractivity contribution < 1.29 is 14.7 Å². The third-order valence-corrected chi connectivity index (χ3v) is 6.61. The van der Waals surface area contributed by atoms with E-state index in [4.69, 9.17) is 0 Å². The Morgan fingerprint density at radius 3 is 2.84 bits per heavy atom. The first kappa shape index (κ1) is 24.1. The van der Waals surface area contributed by atoms with Crippen LogP contribution in [0.1, 0.15) is 52.1 Å². The Kier molecular flexibility index (Phi) is 6.86. The smallest absolute Gasteiger partial charge is 0.272 e. The number of aromatic hydroxyl groups is 1. The molecule has 37 heavy (non-hydrogen) atoms. The SMILES string of the molecule is CC#CC(CC(=O)N1CCc2[nH]nc(C(=O)NCc3ccc4ncccc4c3)c2C1)c1ccc(O)cc1. The number of hydrogen-bond donors (Lipinski definition) is 3. The molecule has 1 unspecified atom stereocenters. The second kappa shape index (κ2) is 10.5. The van der Waals surface area contributed by atoms with Crippen LogP contribution in [-0.2, 0) is 24.3 Å². The quantitative estimate of drug-likeness (QED) is 0.355. The van der Waals surface area contributed by atoms with Crippen molar-refractivity contribution in [3.63, 3.8) is 0 Å². The van der Waals surface area contributed by atoms with Gasteiger partial charge in [0, 0.05) is 55.3 Å². The summed E-state index contributed by atoms with van der Waals surface area (Å²) in [4.78, 5) is 32.3. The zero-order valence-corrected chi connectivity index (χ0v) is 20.5. The zero-order valence-electron chi connectivity index (χ0n) is 20.5. The molecule has 2 aromatic carbocycles. The molecule has 1 atom stereocenters. The number of carbonyl (C=O) groups excluding carboxylic acids is 2. The van der Waals surface area contributed by atoms with Crippen LogP contribution in [0.5, 0.6) is 5.75 Å². The Morgan fingerprint density at radius 2 is 2.03 bits per heavy atom. The number of benzene rings is 2. The Bertz CT molecular complexity index is 1510. The molecule has 1 aliphatic rings. The van der Waals surface area contributed by atoms with Crippen LogP contribution in [0.25, 0.3) is 10.9 Å². The normalized spacial score (nSPS) is 13.4. The van der Waals surface area contributed by atoms with Crippen LogP contribution in [0.2, 0.25) is 0 Å². The number of carbonyl (C=O) groups is 2. The lowest BCUT2D eigenvalue weighted by molar-refractivity contribution is -0.132. The molecule has 2 aromatic heterocycles. The first-order valence-corrected chi connectivity index (χ1v) is 12.2. The highest BCUT2D eigenvalue weighted by Gasteiger charge is 2.29. The third-order valence-electron chi connectivity index (χ3n) is 6.61. The highest BCUT2D eigenvalue weighted by molar-refractivity contribution is 5.94. The minimum absolute atomic E-state index is 0.0381. The van der Waals surface area contributed by atoms with Crippen LogP contribution in [0.15, 0.2) is 60.8 Å². The highest BCUT2D eigenvalue weighted by Crippen LogP contribution is 2.26. The Labute approximate surface area is 214 Å². The molecule has 8 nitrogen and oxygen atoms in total. The fourth-order valence-corrected chi connectivity index (χ4v) is 4.63. The Hall–Kier alpha value is -4.64. The van der Waals surface area contributed by atoms with Crippen molar-refractivity contribution in [2.24, 2.45) is 0 Å². The van der Waals surface area contributed by atoms with Gasteiger partial charge in [-0.3, -0.25) is 19.7 Å². The average molecular weight is 494 g/mol. The van der Waals surface area contributed by atoms with Gasteiger partial charge in [0.25, 0.3) is 5.91 Å². The van der Waals surface area contributed by atoms with Gasteiger partial charge in [0.1, 0.15) is 5.75 Å². The van der Waals surface area contributed by atoms with Gasteiger partial charge in [-0.05, 0) is 48.4 Å². The molecule has 2 amide bonds. The van der Waals surface area contributed by atoms with E-state index in [1.54, 1.807) is 42.3 Å². The molecule has 0 fully saturated rings. The molecule has 5 rings (SSSR count). The van der Waals surface area contributed by atoms with E-state index in [9.17, 15) is 14.7 Å². The van der Waals surface area contributed by atoms with Gasteiger partial charge in [-0.1, -0.05) is 30.2 Å². The molecular weight excluding hydrogens is 466 g/mol. The first-order chi connectivity index (χ1) is 18.0. The van der Waals surface area contributed by atoms with E-state index >= 15 is 0 Å². The van der Waals surface area contributed by atoms with E-state index in [1.807, 2.05) is 30.3 Å². The summed E-state index contributed by atoms with van der Waals surface area (Å²) in [6, 6.07) is 16.5. The number of nitrogens with zero attached hydrogens (tertiary/aromatic N) is 3. The van der Waals surface area contributed by atoms with Crippen molar-refractivity contribution >= 4 is 22.7 Å². The van der Waals surface area contributed by atoms with E-state index < -0.39 is 0 Å². The van der Waals surface area contributed by atoms with Crippen LogP contribution >= 0.6 is 0 Å². The van der Waals surface area contributed by atoms with Crippen molar-refractivity contribution in [2.75, 3.05) is 6.54 Å². The lowest BCUT2D eigenvalue weighted by Crippen LogP contribution is -2.37. The number of nitrogens with one attached hydrogen (secondary N) is 2. The summed E-state index contributed by atoms with van der Waals surface area (Å²) in [7, 11) is 0. The van der Waals surface area contributed by atoms with E-state index in [1.165, 1.54) is 0 Å². The molecule has 3 N–H and O–H groups in total. The minimum Gasteiger partial charge on any atom is -0.508 e. The average Bonchev–Trinajstić information content (AvgIpc) is 3.35. The number of rotatable bonds is 6. The summed E-state index contributed by atoms with van der Waals surface area (Å²) in [5.74, 6) is 5.60. The Morgan fingerprint density at radius 1 is 1.19 bits per heavy atom. The van der Waals surface area contributed by atoms with Crippen molar-refractivity contribution in [1.82, 2.24) is 25.4 Å². The second-order valence-corrected chi connectivity index (χ2v) is 9.05. The van der Waals surface area contributed by atoms with Crippen molar-refractivity contribution in [3.05, 3.63) is 88.9 Å². The Balaban J connectivity index is 1.25. The van der Waals surface area contributed by atoms with E-state index in [-0.39, 0.29) is 29.9 Å². The highest BCUT2D eigenvalue weighted by atomic mass is 16.3. The lowest BCUT2D eigenvalue weighted by Gasteiger charge is -2.28. The molecule has 0 saturated carbocycles. The van der Waals surface area contributed by atoms with Crippen molar-refractivity contribution in [2.45, 2.75) is 38.8 Å². The molecule has 186 valence electrons. The summed E-state index contributed by atoms with van der Waals surface area (Å²) in [6.07, 6.45) is 2.57. The molecule has 0 bridgehead atoms. The fraction of sp³-hybridized carbons (Fsp3) is 0.241. The summed E-state index contributed by atoms with van der Waals surface area (Å²) in [5.41, 5.74) is 4.70. The van der Waals surface area contributed by atoms with Crippen LogP contribution in [0.4, 0.5) is 0 Å². The maximum absolute atomic E-state index is 13.2. The summed E-state index contributed by atoms with van der Waals surface area (Å²) in [6.45, 7) is 2.97. The topological polar surface area (TPSA) is 111 Å².